The maximum Gasteiger partial charge on any atom is 0.0541 e. The number of hydrogen-bond acceptors (Lipinski definition) is 2. The van der Waals surface area contributed by atoms with Crippen molar-refractivity contribution < 1.29 is 0 Å². The lowest BCUT2D eigenvalue weighted by Gasteiger charge is -1.93. The molecule has 0 saturated carbocycles. The average Bonchev–Trinajstić information content (AvgIpc) is 1.77. The summed E-state index contributed by atoms with van der Waals surface area (Å²) in [5.41, 5.74) is 11.5. The predicted molar refractivity (Wildman–Crippen MR) is 36.4 cm³/mol. The third kappa shape index (κ3) is 0.877. The van der Waals surface area contributed by atoms with Crippen LogP contribution in [0.3, 0.4) is 0 Å². The van der Waals surface area contributed by atoms with Crippen molar-refractivity contribution >= 4 is 12.6 Å². The molecular formula is C6H5NS. The number of allylic oxidation sites excluding steroid dienone is 2. The van der Waals surface area contributed by atoms with Crippen molar-refractivity contribution in [2.45, 2.75) is 0 Å². The van der Waals surface area contributed by atoms with E-state index in [4.69, 9.17) is 5.73 Å². The van der Waals surface area contributed by atoms with Crippen LogP contribution in [0.25, 0.3) is 0 Å². The highest BCUT2D eigenvalue weighted by atomic mass is 32.1. The van der Waals surface area contributed by atoms with Crippen LogP contribution >= 0.6 is 12.6 Å². The molecule has 0 aromatic heterocycles. The molecule has 2 heteroatoms. The quantitative estimate of drug-likeness (QED) is 0.364. The summed E-state index contributed by atoms with van der Waals surface area (Å²) in [6, 6.07) is 0. The molecule has 1 aliphatic carbocycles. The number of rotatable bonds is 0. The van der Waals surface area contributed by atoms with Crippen molar-refractivity contribution in [1.29, 1.82) is 0 Å². The summed E-state index contributed by atoms with van der Waals surface area (Å²) < 4.78 is 0. The Kier molecular flexibility index (Phi) is 1.32. The van der Waals surface area contributed by atoms with Crippen LogP contribution < -0.4 is 5.73 Å². The molecule has 2 N–H and O–H groups in total. The van der Waals surface area contributed by atoms with E-state index < -0.39 is 0 Å². The van der Waals surface area contributed by atoms with E-state index in [1.54, 1.807) is 12.2 Å². The lowest BCUT2D eigenvalue weighted by molar-refractivity contribution is 1.41. The topological polar surface area (TPSA) is 26.0 Å². The Hall–Kier alpha value is -0.810. The van der Waals surface area contributed by atoms with Gasteiger partial charge in [0.1, 0.15) is 0 Å². The minimum Gasteiger partial charge on any atom is -0.397 e. The first kappa shape index (κ1) is 5.33. The minimum absolute atomic E-state index is 0.645. The van der Waals surface area contributed by atoms with E-state index in [0.29, 0.717) is 5.70 Å². The maximum absolute atomic E-state index is 5.39. The largest absolute Gasteiger partial charge is 0.397 e. The molecule has 0 spiro atoms. The molecule has 1 aliphatic rings. The van der Waals surface area contributed by atoms with Crippen molar-refractivity contribution in [3.05, 3.63) is 34.2 Å². The molecule has 0 atom stereocenters. The minimum atomic E-state index is 0.645. The number of hydrogen-bond donors (Lipinski definition) is 2. The van der Waals surface area contributed by atoms with E-state index in [9.17, 15) is 0 Å². The van der Waals surface area contributed by atoms with Crippen LogP contribution in [0.4, 0.5) is 0 Å². The summed E-state index contributed by atoms with van der Waals surface area (Å²) in [6.07, 6.45) is 3.32. The van der Waals surface area contributed by atoms with Crippen LogP contribution in [0.5, 0.6) is 0 Å². The fourth-order valence-electron chi connectivity index (χ4n) is 0.387. The van der Waals surface area contributed by atoms with Crippen LogP contribution in [0.2, 0.25) is 0 Å². The SMILES string of the molecule is NC1=C(S)C=C=C=C1. The molecule has 0 amide bonds. The number of thiol groups is 1. The molecule has 0 unspecified atom stereocenters. The second-order valence-corrected chi connectivity index (χ2v) is 1.90. The smallest absolute Gasteiger partial charge is 0.0541 e. The van der Waals surface area contributed by atoms with E-state index in [-0.39, 0.29) is 0 Å². The first-order valence-electron chi connectivity index (χ1n) is 2.17. The van der Waals surface area contributed by atoms with Gasteiger partial charge < -0.3 is 5.73 Å². The summed E-state index contributed by atoms with van der Waals surface area (Å²) >= 11 is 4.02. The molecule has 0 aliphatic heterocycles. The van der Waals surface area contributed by atoms with Crippen molar-refractivity contribution in [1.82, 2.24) is 0 Å². The van der Waals surface area contributed by atoms with Gasteiger partial charge in [-0.3, -0.25) is 0 Å². The third-order valence-electron chi connectivity index (χ3n) is 0.816. The second kappa shape index (κ2) is 1.97. The van der Waals surface area contributed by atoms with E-state index in [1.165, 1.54) is 0 Å². The highest BCUT2D eigenvalue weighted by Gasteiger charge is 1.89. The van der Waals surface area contributed by atoms with Crippen molar-refractivity contribution in [3.63, 3.8) is 0 Å². The molecule has 0 radical (unpaired) electrons. The third-order valence-corrected chi connectivity index (χ3v) is 1.20. The molecule has 40 valence electrons. The Morgan fingerprint density at radius 3 is 2.38 bits per heavy atom. The summed E-state index contributed by atoms with van der Waals surface area (Å²) in [5, 5.41) is 0. The zero-order valence-electron chi connectivity index (χ0n) is 4.18. The Morgan fingerprint density at radius 1 is 1.38 bits per heavy atom. The summed E-state index contributed by atoms with van der Waals surface area (Å²) in [5.74, 6) is 0. The van der Waals surface area contributed by atoms with Crippen LogP contribution in [0, 0.1) is 0 Å². The number of nitrogens with two attached hydrogens (primary N) is 1. The molecular weight excluding hydrogens is 118 g/mol. The van der Waals surface area contributed by atoms with Gasteiger partial charge in [0.05, 0.1) is 5.70 Å². The zero-order chi connectivity index (χ0) is 5.98. The van der Waals surface area contributed by atoms with Crippen LogP contribution in [0.1, 0.15) is 0 Å². The molecule has 0 heterocycles. The normalized spacial score (nSPS) is 15.6. The van der Waals surface area contributed by atoms with Gasteiger partial charge in [0, 0.05) is 17.1 Å². The van der Waals surface area contributed by atoms with Gasteiger partial charge in [-0.25, -0.2) is 0 Å². The molecule has 1 rings (SSSR count). The molecule has 8 heavy (non-hydrogen) atoms. The Bertz CT molecular complexity index is 201. The van der Waals surface area contributed by atoms with Gasteiger partial charge in [-0.05, 0) is 0 Å². The lowest BCUT2D eigenvalue weighted by Crippen LogP contribution is -1.94. The van der Waals surface area contributed by atoms with Gasteiger partial charge >= 0.3 is 0 Å². The van der Waals surface area contributed by atoms with Crippen LogP contribution in [-0.2, 0) is 0 Å². The van der Waals surface area contributed by atoms with Gasteiger partial charge in [0.15, 0.2) is 0 Å². The highest BCUT2D eigenvalue weighted by molar-refractivity contribution is 7.84. The van der Waals surface area contributed by atoms with Gasteiger partial charge in [-0.15, -0.1) is 12.6 Å². The Morgan fingerprint density at radius 2 is 2.00 bits per heavy atom. The molecule has 0 aromatic carbocycles. The maximum atomic E-state index is 5.39. The van der Waals surface area contributed by atoms with Crippen LogP contribution in [-0.4, -0.2) is 0 Å². The van der Waals surface area contributed by atoms with Crippen molar-refractivity contribution in [2.75, 3.05) is 0 Å². The summed E-state index contributed by atoms with van der Waals surface area (Å²) in [7, 11) is 0. The van der Waals surface area contributed by atoms with Crippen molar-refractivity contribution in [2.24, 2.45) is 5.73 Å². The molecule has 0 saturated heterocycles. The molecule has 0 bridgehead atoms. The van der Waals surface area contributed by atoms with Crippen molar-refractivity contribution in [3.8, 4) is 0 Å². The first-order chi connectivity index (χ1) is 3.80. The van der Waals surface area contributed by atoms with Gasteiger partial charge in [-0.1, -0.05) is 11.5 Å². The van der Waals surface area contributed by atoms with Gasteiger partial charge in [0.2, 0.25) is 0 Å². The highest BCUT2D eigenvalue weighted by Crippen LogP contribution is 2.07. The standard InChI is InChI=1S/C6H5NS/c7-5-3-1-2-4-6(5)8/h3-4,8H,7H2. The van der Waals surface area contributed by atoms with Crippen LogP contribution in [0.15, 0.2) is 34.2 Å². The Labute approximate surface area is 53.3 Å². The van der Waals surface area contributed by atoms with Gasteiger partial charge in [0.25, 0.3) is 0 Å². The molecule has 0 fully saturated rings. The van der Waals surface area contributed by atoms with Gasteiger partial charge in [-0.2, -0.15) is 0 Å². The summed E-state index contributed by atoms with van der Waals surface area (Å²) in [4.78, 5) is 0.753. The second-order valence-electron chi connectivity index (χ2n) is 1.42. The summed E-state index contributed by atoms with van der Waals surface area (Å²) in [6.45, 7) is 0. The zero-order valence-corrected chi connectivity index (χ0v) is 5.07. The van der Waals surface area contributed by atoms with E-state index in [2.05, 4.69) is 24.1 Å². The predicted octanol–water partition coefficient (Wildman–Crippen LogP) is 0.966. The van der Waals surface area contributed by atoms with E-state index in [0.717, 1.165) is 4.91 Å². The fourth-order valence-corrected chi connectivity index (χ4v) is 0.516. The average molecular weight is 123 g/mol. The lowest BCUT2D eigenvalue weighted by atomic mass is 10.3. The monoisotopic (exact) mass is 123 g/mol. The Balaban J connectivity index is 3.10. The van der Waals surface area contributed by atoms with E-state index >= 15 is 0 Å². The molecule has 0 aromatic rings. The molecule has 1 nitrogen and oxygen atoms in total. The first-order valence-corrected chi connectivity index (χ1v) is 2.61. The fraction of sp³-hybridized carbons (Fsp3) is 0. The van der Waals surface area contributed by atoms with E-state index in [1.807, 2.05) is 0 Å².